The molecule has 140 valence electrons. The number of amides is 1. The number of nitrogens with zero attached hydrogens (tertiary/aromatic N) is 2. The summed E-state index contributed by atoms with van der Waals surface area (Å²) in [6.45, 7) is 1.86. The van der Waals surface area contributed by atoms with Crippen molar-refractivity contribution in [2.75, 3.05) is 31.6 Å². The summed E-state index contributed by atoms with van der Waals surface area (Å²) in [5.74, 6) is 0.613. The van der Waals surface area contributed by atoms with Gasteiger partial charge in [0.15, 0.2) is 5.13 Å². The number of methoxy groups -OCH3 is 1. The number of para-hydroxylation sites is 1. The molecular weight excluding hydrogens is 365 g/mol. The van der Waals surface area contributed by atoms with Gasteiger partial charge in [-0.05, 0) is 36.2 Å². The van der Waals surface area contributed by atoms with E-state index in [1.165, 1.54) is 23.5 Å². The average Bonchev–Trinajstić information content (AvgIpc) is 3.03. The van der Waals surface area contributed by atoms with E-state index in [0.29, 0.717) is 19.6 Å². The summed E-state index contributed by atoms with van der Waals surface area (Å²) in [5.41, 5.74) is 1.87. The zero-order chi connectivity index (χ0) is 18.8. The standard InChI is InChI=1S/C20H20FN3O2S/c1-26-17-5-3-2-4-13(17)8-9-22-19(25)14-11-24(12-14)20-23-16-7-6-15(21)10-18(16)27-20/h2-7,10,14H,8-9,11-12H2,1H3,(H,22,25). The topological polar surface area (TPSA) is 54.5 Å². The lowest BCUT2D eigenvalue weighted by atomic mass is 10.00. The number of halogens is 1. The molecule has 7 heteroatoms. The van der Waals surface area contributed by atoms with E-state index in [1.54, 1.807) is 13.2 Å². The second kappa shape index (κ2) is 7.52. The number of nitrogens with one attached hydrogen (secondary N) is 1. The molecule has 1 aliphatic rings. The molecule has 1 fully saturated rings. The Morgan fingerprint density at radius 1 is 1.33 bits per heavy atom. The minimum absolute atomic E-state index is 0.0357. The Hall–Kier alpha value is -2.67. The Kier molecular flexibility index (Phi) is 4.94. The quantitative estimate of drug-likeness (QED) is 0.708. The van der Waals surface area contributed by atoms with Crippen molar-refractivity contribution in [1.29, 1.82) is 0 Å². The van der Waals surface area contributed by atoms with E-state index >= 15 is 0 Å². The van der Waals surface area contributed by atoms with Crippen molar-refractivity contribution in [2.45, 2.75) is 6.42 Å². The van der Waals surface area contributed by atoms with Gasteiger partial charge in [0.05, 0.1) is 23.2 Å². The van der Waals surface area contributed by atoms with Crippen LogP contribution in [-0.4, -0.2) is 37.6 Å². The van der Waals surface area contributed by atoms with Gasteiger partial charge in [-0.1, -0.05) is 29.5 Å². The summed E-state index contributed by atoms with van der Waals surface area (Å²) >= 11 is 1.46. The van der Waals surface area contributed by atoms with Crippen LogP contribution in [0.3, 0.4) is 0 Å². The summed E-state index contributed by atoms with van der Waals surface area (Å²) in [4.78, 5) is 18.9. The summed E-state index contributed by atoms with van der Waals surface area (Å²) in [5, 5.41) is 3.84. The van der Waals surface area contributed by atoms with Crippen LogP contribution >= 0.6 is 11.3 Å². The van der Waals surface area contributed by atoms with Crippen LogP contribution in [-0.2, 0) is 11.2 Å². The summed E-state index contributed by atoms with van der Waals surface area (Å²) in [6.07, 6.45) is 0.732. The molecule has 5 nitrogen and oxygen atoms in total. The smallest absolute Gasteiger partial charge is 0.226 e. The highest BCUT2D eigenvalue weighted by Gasteiger charge is 2.34. The molecular formula is C20H20FN3O2S. The van der Waals surface area contributed by atoms with Gasteiger partial charge in [-0.25, -0.2) is 9.37 Å². The third-order valence-corrected chi connectivity index (χ3v) is 5.83. The number of aromatic nitrogens is 1. The van der Waals surface area contributed by atoms with E-state index in [-0.39, 0.29) is 17.6 Å². The molecule has 0 aliphatic carbocycles. The molecule has 1 N–H and O–H groups in total. The Labute approximate surface area is 160 Å². The number of rotatable bonds is 6. The van der Waals surface area contributed by atoms with Crippen LogP contribution in [0.5, 0.6) is 5.75 Å². The van der Waals surface area contributed by atoms with Gasteiger partial charge in [-0.3, -0.25) is 4.79 Å². The summed E-state index contributed by atoms with van der Waals surface area (Å²) < 4.78 is 19.5. The first-order chi connectivity index (χ1) is 13.1. The maximum atomic E-state index is 13.3. The van der Waals surface area contributed by atoms with Gasteiger partial charge in [-0.15, -0.1) is 0 Å². The Morgan fingerprint density at radius 3 is 2.96 bits per heavy atom. The lowest BCUT2D eigenvalue weighted by Crippen LogP contribution is -2.54. The summed E-state index contributed by atoms with van der Waals surface area (Å²) in [6, 6.07) is 12.4. The first-order valence-corrected chi connectivity index (χ1v) is 9.66. The molecule has 27 heavy (non-hydrogen) atoms. The Morgan fingerprint density at radius 2 is 2.15 bits per heavy atom. The highest BCUT2D eigenvalue weighted by molar-refractivity contribution is 7.22. The zero-order valence-corrected chi connectivity index (χ0v) is 15.8. The predicted molar refractivity (Wildman–Crippen MR) is 105 cm³/mol. The monoisotopic (exact) mass is 385 g/mol. The van der Waals surface area contributed by atoms with Gasteiger partial charge in [0.1, 0.15) is 11.6 Å². The van der Waals surface area contributed by atoms with Crippen molar-refractivity contribution in [3.63, 3.8) is 0 Å². The maximum absolute atomic E-state index is 13.3. The number of fused-ring (bicyclic) bond motifs is 1. The number of anilines is 1. The van der Waals surface area contributed by atoms with Crippen molar-refractivity contribution in [3.8, 4) is 5.75 Å². The fourth-order valence-electron chi connectivity index (χ4n) is 3.20. The molecule has 1 aromatic heterocycles. The van der Waals surface area contributed by atoms with Crippen molar-refractivity contribution < 1.29 is 13.9 Å². The number of hydrogen-bond acceptors (Lipinski definition) is 5. The summed E-state index contributed by atoms with van der Waals surface area (Å²) in [7, 11) is 1.65. The molecule has 0 unspecified atom stereocenters. The Balaban J connectivity index is 1.28. The number of benzene rings is 2. The van der Waals surface area contributed by atoms with E-state index in [4.69, 9.17) is 4.74 Å². The second-order valence-corrected chi connectivity index (χ2v) is 7.57. The highest BCUT2D eigenvalue weighted by atomic mass is 32.1. The minimum atomic E-state index is -0.256. The molecule has 1 aliphatic heterocycles. The van der Waals surface area contributed by atoms with Gasteiger partial charge in [0, 0.05) is 19.6 Å². The van der Waals surface area contributed by atoms with E-state index < -0.39 is 0 Å². The normalized spacial score (nSPS) is 14.2. The van der Waals surface area contributed by atoms with Crippen molar-refractivity contribution >= 4 is 32.6 Å². The second-order valence-electron chi connectivity index (χ2n) is 6.56. The molecule has 4 rings (SSSR count). The van der Waals surface area contributed by atoms with Crippen LogP contribution in [0, 0.1) is 11.7 Å². The molecule has 0 atom stereocenters. The number of hydrogen-bond donors (Lipinski definition) is 1. The number of carbonyl (C=O) groups is 1. The molecule has 3 aromatic rings. The Bertz CT molecular complexity index is 969. The van der Waals surface area contributed by atoms with Gasteiger partial charge in [0.2, 0.25) is 5.91 Å². The third kappa shape index (κ3) is 3.73. The first kappa shape index (κ1) is 17.7. The fourth-order valence-corrected chi connectivity index (χ4v) is 4.20. The maximum Gasteiger partial charge on any atom is 0.226 e. The number of ether oxygens (including phenoxy) is 1. The number of thiazole rings is 1. The van der Waals surface area contributed by atoms with Crippen LogP contribution in [0.25, 0.3) is 10.2 Å². The third-order valence-electron chi connectivity index (χ3n) is 4.75. The van der Waals surface area contributed by atoms with Crippen LogP contribution < -0.4 is 15.0 Å². The van der Waals surface area contributed by atoms with E-state index in [0.717, 1.165) is 33.1 Å². The molecule has 2 aromatic carbocycles. The van der Waals surface area contributed by atoms with Crippen molar-refractivity contribution in [1.82, 2.24) is 10.3 Å². The lowest BCUT2D eigenvalue weighted by molar-refractivity contribution is -0.125. The van der Waals surface area contributed by atoms with Gasteiger partial charge in [0.25, 0.3) is 0 Å². The van der Waals surface area contributed by atoms with Crippen LogP contribution in [0.2, 0.25) is 0 Å². The van der Waals surface area contributed by atoms with Gasteiger partial charge in [-0.2, -0.15) is 0 Å². The van der Waals surface area contributed by atoms with Crippen molar-refractivity contribution in [3.05, 3.63) is 53.8 Å². The van der Waals surface area contributed by atoms with E-state index in [2.05, 4.69) is 15.2 Å². The number of carbonyl (C=O) groups excluding carboxylic acids is 1. The van der Waals surface area contributed by atoms with Gasteiger partial charge >= 0.3 is 0 Å². The highest BCUT2D eigenvalue weighted by Crippen LogP contribution is 2.33. The van der Waals surface area contributed by atoms with Crippen molar-refractivity contribution in [2.24, 2.45) is 5.92 Å². The molecule has 0 saturated carbocycles. The molecule has 0 bridgehead atoms. The SMILES string of the molecule is COc1ccccc1CCNC(=O)C1CN(c2nc3ccc(F)cc3s2)C1. The molecule has 2 heterocycles. The molecule has 0 radical (unpaired) electrons. The largest absolute Gasteiger partial charge is 0.496 e. The fraction of sp³-hybridized carbons (Fsp3) is 0.300. The van der Waals surface area contributed by atoms with E-state index in [1.807, 2.05) is 24.3 Å². The molecule has 1 saturated heterocycles. The average molecular weight is 385 g/mol. The molecule has 0 spiro atoms. The molecule has 1 amide bonds. The van der Waals surface area contributed by atoms with Crippen LogP contribution in [0.15, 0.2) is 42.5 Å². The van der Waals surface area contributed by atoms with Crippen LogP contribution in [0.1, 0.15) is 5.56 Å². The predicted octanol–water partition coefficient (Wildman–Crippen LogP) is 3.24. The first-order valence-electron chi connectivity index (χ1n) is 8.84. The lowest BCUT2D eigenvalue weighted by Gasteiger charge is -2.37. The minimum Gasteiger partial charge on any atom is -0.496 e. The van der Waals surface area contributed by atoms with Crippen LogP contribution in [0.4, 0.5) is 9.52 Å². The van der Waals surface area contributed by atoms with E-state index in [9.17, 15) is 9.18 Å². The van der Waals surface area contributed by atoms with Gasteiger partial charge < -0.3 is 15.0 Å². The zero-order valence-electron chi connectivity index (χ0n) is 14.9.